The standard InChI is InChI=1S/C18H19BrN2O3/c1-3-24-15-10-8-14(9-11-15)21(13(2)22)12-18(23)20-17-7-5-4-6-16(17)19/h4-11H,3,12H2,1-2H3,(H,20,23). The fourth-order valence-corrected chi connectivity index (χ4v) is 2.55. The first-order valence-electron chi connectivity index (χ1n) is 7.56. The Morgan fingerprint density at radius 2 is 1.79 bits per heavy atom. The second-order valence-corrected chi connectivity index (χ2v) is 5.91. The van der Waals surface area contributed by atoms with E-state index in [9.17, 15) is 9.59 Å². The van der Waals surface area contributed by atoms with E-state index < -0.39 is 0 Å². The minimum absolute atomic E-state index is 0.0648. The lowest BCUT2D eigenvalue weighted by atomic mass is 10.2. The SMILES string of the molecule is CCOc1ccc(N(CC(=O)Nc2ccccc2Br)C(C)=O)cc1. The van der Waals surface area contributed by atoms with Gasteiger partial charge in [0.15, 0.2) is 0 Å². The van der Waals surface area contributed by atoms with Gasteiger partial charge in [-0.25, -0.2) is 0 Å². The maximum absolute atomic E-state index is 12.3. The highest BCUT2D eigenvalue weighted by Crippen LogP contribution is 2.22. The highest BCUT2D eigenvalue weighted by atomic mass is 79.9. The second-order valence-electron chi connectivity index (χ2n) is 5.06. The van der Waals surface area contributed by atoms with Crippen molar-refractivity contribution >= 4 is 39.1 Å². The van der Waals surface area contributed by atoms with Gasteiger partial charge in [0, 0.05) is 17.1 Å². The van der Waals surface area contributed by atoms with Crippen molar-refractivity contribution in [2.45, 2.75) is 13.8 Å². The third-order valence-electron chi connectivity index (χ3n) is 3.29. The predicted molar refractivity (Wildman–Crippen MR) is 98.4 cm³/mol. The maximum atomic E-state index is 12.3. The molecule has 0 saturated carbocycles. The molecule has 0 aromatic heterocycles. The number of nitrogens with zero attached hydrogens (tertiary/aromatic N) is 1. The van der Waals surface area contributed by atoms with Crippen molar-refractivity contribution in [1.82, 2.24) is 0 Å². The molecule has 0 aliphatic rings. The van der Waals surface area contributed by atoms with E-state index in [1.54, 1.807) is 30.3 Å². The molecule has 0 atom stereocenters. The van der Waals surface area contributed by atoms with Gasteiger partial charge in [0.25, 0.3) is 0 Å². The number of carbonyl (C=O) groups excluding carboxylic acids is 2. The normalized spacial score (nSPS) is 10.1. The number of benzene rings is 2. The molecule has 2 rings (SSSR count). The monoisotopic (exact) mass is 390 g/mol. The van der Waals surface area contributed by atoms with Crippen molar-refractivity contribution in [1.29, 1.82) is 0 Å². The molecule has 0 saturated heterocycles. The highest BCUT2D eigenvalue weighted by Gasteiger charge is 2.16. The molecule has 0 radical (unpaired) electrons. The molecule has 5 nitrogen and oxygen atoms in total. The zero-order valence-electron chi connectivity index (χ0n) is 13.6. The molecule has 2 aromatic carbocycles. The molecule has 0 heterocycles. The molecule has 0 spiro atoms. The van der Waals surface area contributed by atoms with Crippen molar-refractivity contribution in [2.75, 3.05) is 23.4 Å². The number of carbonyl (C=O) groups is 2. The number of halogens is 1. The Morgan fingerprint density at radius 3 is 2.38 bits per heavy atom. The Morgan fingerprint density at radius 1 is 1.12 bits per heavy atom. The van der Waals surface area contributed by atoms with Crippen LogP contribution in [0.15, 0.2) is 53.0 Å². The largest absolute Gasteiger partial charge is 0.494 e. The Bertz CT molecular complexity index is 716. The van der Waals surface area contributed by atoms with Crippen LogP contribution in [0.1, 0.15) is 13.8 Å². The lowest BCUT2D eigenvalue weighted by Crippen LogP contribution is -2.36. The third kappa shape index (κ3) is 4.83. The van der Waals surface area contributed by atoms with E-state index in [1.165, 1.54) is 11.8 Å². The molecule has 0 aliphatic heterocycles. The van der Waals surface area contributed by atoms with E-state index in [4.69, 9.17) is 4.74 Å². The van der Waals surface area contributed by atoms with E-state index in [2.05, 4.69) is 21.2 Å². The molecular weight excluding hydrogens is 372 g/mol. The summed E-state index contributed by atoms with van der Waals surface area (Å²) < 4.78 is 6.17. The van der Waals surface area contributed by atoms with Gasteiger partial charge in [-0.05, 0) is 59.3 Å². The lowest BCUT2D eigenvalue weighted by molar-refractivity contribution is -0.120. The smallest absolute Gasteiger partial charge is 0.244 e. The molecule has 2 aromatic rings. The summed E-state index contributed by atoms with van der Waals surface area (Å²) in [6.45, 7) is 3.85. The van der Waals surface area contributed by atoms with E-state index >= 15 is 0 Å². The quantitative estimate of drug-likeness (QED) is 0.814. The topological polar surface area (TPSA) is 58.6 Å². The molecule has 2 amide bonds. The summed E-state index contributed by atoms with van der Waals surface area (Å²) in [4.78, 5) is 25.6. The summed E-state index contributed by atoms with van der Waals surface area (Å²) in [6.07, 6.45) is 0. The highest BCUT2D eigenvalue weighted by molar-refractivity contribution is 9.10. The van der Waals surface area contributed by atoms with Gasteiger partial charge in [0.1, 0.15) is 12.3 Å². The summed E-state index contributed by atoms with van der Waals surface area (Å²) >= 11 is 3.38. The van der Waals surface area contributed by atoms with Crippen LogP contribution in [0.3, 0.4) is 0 Å². The summed E-state index contributed by atoms with van der Waals surface area (Å²) in [5, 5.41) is 2.79. The van der Waals surface area contributed by atoms with Crippen LogP contribution in [-0.2, 0) is 9.59 Å². The Balaban J connectivity index is 2.09. The van der Waals surface area contributed by atoms with Crippen LogP contribution in [0.4, 0.5) is 11.4 Å². The number of anilines is 2. The predicted octanol–water partition coefficient (Wildman–Crippen LogP) is 3.84. The van der Waals surface area contributed by atoms with E-state index in [0.717, 1.165) is 10.2 Å². The fraction of sp³-hybridized carbons (Fsp3) is 0.222. The van der Waals surface area contributed by atoms with Gasteiger partial charge in [0.05, 0.1) is 12.3 Å². The third-order valence-corrected chi connectivity index (χ3v) is 3.98. The van der Waals surface area contributed by atoms with Gasteiger partial charge >= 0.3 is 0 Å². The fourth-order valence-electron chi connectivity index (χ4n) is 2.17. The maximum Gasteiger partial charge on any atom is 0.244 e. The molecule has 6 heteroatoms. The summed E-state index contributed by atoms with van der Waals surface area (Å²) in [6, 6.07) is 14.4. The first-order chi connectivity index (χ1) is 11.5. The summed E-state index contributed by atoms with van der Waals surface area (Å²) in [5.74, 6) is 0.245. The first kappa shape index (κ1) is 18.0. The Kier molecular flexibility index (Phi) is 6.37. The molecule has 0 unspecified atom stereocenters. The van der Waals surface area contributed by atoms with Gasteiger partial charge in [0.2, 0.25) is 11.8 Å². The van der Waals surface area contributed by atoms with Crippen LogP contribution >= 0.6 is 15.9 Å². The molecule has 24 heavy (non-hydrogen) atoms. The van der Waals surface area contributed by atoms with Crippen LogP contribution in [0.25, 0.3) is 0 Å². The number of rotatable bonds is 6. The number of hydrogen-bond acceptors (Lipinski definition) is 3. The van der Waals surface area contributed by atoms with Gasteiger partial charge in [-0.1, -0.05) is 12.1 Å². The van der Waals surface area contributed by atoms with Gasteiger partial charge in [-0.15, -0.1) is 0 Å². The Hall–Kier alpha value is -2.34. The number of nitrogens with one attached hydrogen (secondary N) is 1. The van der Waals surface area contributed by atoms with Gasteiger partial charge in [-0.2, -0.15) is 0 Å². The number of amides is 2. The zero-order chi connectivity index (χ0) is 17.5. The van der Waals surface area contributed by atoms with Crippen LogP contribution in [0, 0.1) is 0 Å². The lowest BCUT2D eigenvalue weighted by Gasteiger charge is -2.21. The van der Waals surface area contributed by atoms with Crippen molar-refractivity contribution in [3.05, 3.63) is 53.0 Å². The second kappa shape index (κ2) is 8.49. The van der Waals surface area contributed by atoms with E-state index in [1.807, 2.05) is 25.1 Å². The van der Waals surface area contributed by atoms with E-state index in [0.29, 0.717) is 18.0 Å². The van der Waals surface area contributed by atoms with Crippen LogP contribution in [-0.4, -0.2) is 25.0 Å². The Labute approximate surface area is 149 Å². The number of para-hydroxylation sites is 1. The van der Waals surface area contributed by atoms with Crippen molar-refractivity contribution in [2.24, 2.45) is 0 Å². The molecule has 0 aliphatic carbocycles. The minimum Gasteiger partial charge on any atom is -0.494 e. The van der Waals surface area contributed by atoms with Crippen molar-refractivity contribution in [3.63, 3.8) is 0 Å². The number of hydrogen-bond donors (Lipinski definition) is 1. The van der Waals surface area contributed by atoms with Crippen LogP contribution < -0.4 is 15.0 Å². The average Bonchev–Trinajstić information content (AvgIpc) is 2.56. The molecule has 126 valence electrons. The van der Waals surface area contributed by atoms with Crippen molar-refractivity contribution in [3.8, 4) is 5.75 Å². The van der Waals surface area contributed by atoms with Crippen LogP contribution in [0.2, 0.25) is 0 Å². The minimum atomic E-state index is -0.272. The summed E-state index contributed by atoms with van der Waals surface area (Å²) in [5.41, 5.74) is 1.31. The summed E-state index contributed by atoms with van der Waals surface area (Å²) in [7, 11) is 0. The zero-order valence-corrected chi connectivity index (χ0v) is 15.2. The van der Waals surface area contributed by atoms with Gasteiger partial charge in [-0.3, -0.25) is 9.59 Å². The van der Waals surface area contributed by atoms with Crippen LogP contribution in [0.5, 0.6) is 5.75 Å². The van der Waals surface area contributed by atoms with Gasteiger partial charge < -0.3 is 15.0 Å². The number of ether oxygens (including phenoxy) is 1. The average molecular weight is 391 g/mol. The molecule has 0 fully saturated rings. The van der Waals surface area contributed by atoms with E-state index in [-0.39, 0.29) is 18.4 Å². The molecular formula is C18H19BrN2O3. The first-order valence-corrected chi connectivity index (χ1v) is 8.36. The molecule has 0 bridgehead atoms. The molecule has 1 N–H and O–H groups in total. The van der Waals surface area contributed by atoms with Crippen molar-refractivity contribution < 1.29 is 14.3 Å².